The zero-order valence-corrected chi connectivity index (χ0v) is 7.64. The van der Waals surface area contributed by atoms with Gasteiger partial charge in [0.1, 0.15) is 7.85 Å². The molecule has 1 rings (SSSR count). The van der Waals surface area contributed by atoms with Gasteiger partial charge in [-0.2, -0.15) is 0 Å². The Morgan fingerprint density at radius 2 is 1.75 bits per heavy atom. The maximum Gasteiger partial charge on any atom is 0.178 e. The topological polar surface area (TPSA) is 34.1 Å². The Kier molecular flexibility index (Phi) is 2.57. The average Bonchev–Trinajstić information content (AvgIpc) is 2.05. The Labute approximate surface area is 73.9 Å². The highest BCUT2D eigenvalue weighted by Crippen LogP contribution is 2.07. The summed E-state index contributed by atoms with van der Waals surface area (Å²) in [7, 11) is 2.35. The Hall–Kier alpha value is -0.765. The fourth-order valence-electron chi connectivity index (χ4n) is 0.842. The summed E-state index contributed by atoms with van der Waals surface area (Å²) in [6.45, 7) is 1.62. The van der Waals surface area contributed by atoms with Crippen molar-refractivity contribution < 1.29 is 8.42 Å². The highest BCUT2D eigenvalue weighted by molar-refractivity contribution is 7.91. The van der Waals surface area contributed by atoms with E-state index in [1.54, 1.807) is 19.1 Å². The van der Waals surface area contributed by atoms with E-state index in [0.717, 1.165) is 0 Å². The predicted molar refractivity (Wildman–Crippen MR) is 49.6 cm³/mol. The third-order valence-corrected chi connectivity index (χ3v) is 3.37. The molecule has 0 saturated heterocycles. The fourth-order valence-corrected chi connectivity index (χ4v) is 1.73. The van der Waals surface area contributed by atoms with Crippen molar-refractivity contribution in [2.75, 3.05) is 5.75 Å². The van der Waals surface area contributed by atoms with Gasteiger partial charge >= 0.3 is 0 Å². The van der Waals surface area contributed by atoms with Gasteiger partial charge in [0.15, 0.2) is 9.84 Å². The first-order valence-electron chi connectivity index (χ1n) is 3.64. The molecular formula is C8H9BO2S. The largest absolute Gasteiger partial charge is 0.224 e. The molecule has 2 radical (unpaired) electrons. The monoisotopic (exact) mass is 180 g/mol. The van der Waals surface area contributed by atoms with Crippen molar-refractivity contribution in [3.8, 4) is 0 Å². The minimum absolute atomic E-state index is 0.122. The third kappa shape index (κ3) is 1.88. The van der Waals surface area contributed by atoms with Crippen LogP contribution >= 0.6 is 0 Å². The Morgan fingerprint density at radius 3 is 2.17 bits per heavy atom. The van der Waals surface area contributed by atoms with E-state index >= 15 is 0 Å². The predicted octanol–water partition coefficient (Wildman–Crippen LogP) is 0.274. The molecule has 0 aliphatic heterocycles. The second-order valence-corrected chi connectivity index (χ2v) is 4.75. The van der Waals surface area contributed by atoms with Gasteiger partial charge in [0, 0.05) is 0 Å². The van der Waals surface area contributed by atoms with Crippen LogP contribution in [0.2, 0.25) is 0 Å². The minimum atomic E-state index is -3.07. The van der Waals surface area contributed by atoms with Crippen LogP contribution in [0.4, 0.5) is 0 Å². The van der Waals surface area contributed by atoms with Crippen molar-refractivity contribution in [1.29, 1.82) is 0 Å². The first-order valence-corrected chi connectivity index (χ1v) is 5.30. The molecule has 4 heteroatoms. The lowest BCUT2D eigenvalue weighted by molar-refractivity contribution is 0.597. The van der Waals surface area contributed by atoms with Crippen LogP contribution in [-0.4, -0.2) is 22.0 Å². The summed E-state index contributed by atoms with van der Waals surface area (Å²) in [4.78, 5) is 0.333. The van der Waals surface area contributed by atoms with Crippen molar-refractivity contribution in [3.05, 3.63) is 24.3 Å². The molecule has 0 spiro atoms. The fraction of sp³-hybridized carbons (Fsp3) is 0.250. The van der Waals surface area contributed by atoms with E-state index in [1.807, 2.05) is 0 Å². The van der Waals surface area contributed by atoms with Crippen molar-refractivity contribution in [1.82, 2.24) is 0 Å². The second kappa shape index (κ2) is 3.31. The Morgan fingerprint density at radius 1 is 1.25 bits per heavy atom. The highest BCUT2D eigenvalue weighted by atomic mass is 32.2. The minimum Gasteiger partial charge on any atom is -0.224 e. The molecule has 0 N–H and O–H groups in total. The molecule has 0 unspecified atom stereocenters. The molecule has 0 aliphatic rings. The van der Waals surface area contributed by atoms with Crippen molar-refractivity contribution in [2.45, 2.75) is 11.8 Å². The zero-order chi connectivity index (χ0) is 9.19. The van der Waals surface area contributed by atoms with Gasteiger partial charge in [-0.15, -0.1) is 0 Å². The maximum atomic E-state index is 11.3. The molecule has 1 aromatic rings. The number of benzene rings is 1. The zero-order valence-electron chi connectivity index (χ0n) is 6.82. The summed E-state index contributed by atoms with van der Waals surface area (Å²) in [5.74, 6) is 0.122. The molecule has 0 bridgehead atoms. The van der Waals surface area contributed by atoms with E-state index in [0.29, 0.717) is 10.4 Å². The first kappa shape index (κ1) is 9.32. The van der Waals surface area contributed by atoms with Crippen molar-refractivity contribution in [2.24, 2.45) is 0 Å². The van der Waals surface area contributed by atoms with Gasteiger partial charge in [0.05, 0.1) is 10.6 Å². The summed E-state index contributed by atoms with van der Waals surface area (Å²) < 4.78 is 22.5. The molecule has 0 amide bonds. The van der Waals surface area contributed by atoms with Gasteiger partial charge in [0.2, 0.25) is 0 Å². The molecule has 12 heavy (non-hydrogen) atoms. The van der Waals surface area contributed by atoms with Crippen molar-refractivity contribution >= 4 is 23.1 Å². The molecule has 0 aromatic heterocycles. The van der Waals surface area contributed by atoms with E-state index in [2.05, 4.69) is 0 Å². The van der Waals surface area contributed by atoms with E-state index in [4.69, 9.17) is 7.85 Å². The third-order valence-electron chi connectivity index (χ3n) is 1.62. The van der Waals surface area contributed by atoms with Gasteiger partial charge in [0.25, 0.3) is 0 Å². The van der Waals surface area contributed by atoms with Crippen LogP contribution in [0.3, 0.4) is 0 Å². The first-order chi connectivity index (χ1) is 5.56. The van der Waals surface area contributed by atoms with Crippen LogP contribution < -0.4 is 5.46 Å². The van der Waals surface area contributed by atoms with Gasteiger partial charge in [-0.1, -0.05) is 24.5 Å². The second-order valence-electron chi connectivity index (χ2n) is 2.47. The lowest BCUT2D eigenvalue weighted by atomic mass is 9.97. The van der Waals surface area contributed by atoms with Crippen LogP contribution in [0.5, 0.6) is 0 Å². The highest BCUT2D eigenvalue weighted by Gasteiger charge is 2.09. The summed E-state index contributed by atoms with van der Waals surface area (Å²) in [6, 6.07) is 6.22. The van der Waals surface area contributed by atoms with E-state index in [-0.39, 0.29) is 5.75 Å². The molecule has 2 nitrogen and oxygen atoms in total. The lowest BCUT2D eigenvalue weighted by Gasteiger charge is -2.00. The molecule has 1 aromatic carbocycles. The van der Waals surface area contributed by atoms with Crippen LogP contribution in [-0.2, 0) is 9.84 Å². The van der Waals surface area contributed by atoms with Crippen molar-refractivity contribution in [3.63, 3.8) is 0 Å². The average molecular weight is 180 g/mol. The summed E-state index contributed by atoms with van der Waals surface area (Å²) in [5, 5.41) is 0. The van der Waals surface area contributed by atoms with Crippen LogP contribution in [0.25, 0.3) is 0 Å². The van der Waals surface area contributed by atoms with E-state index in [9.17, 15) is 8.42 Å². The van der Waals surface area contributed by atoms with Gasteiger partial charge in [-0.05, 0) is 12.1 Å². The summed E-state index contributed by atoms with van der Waals surface area (Å²) >= 11 is 0. The molecule has 0 saturated carbocycles. The van der Waals surface area contributed by atoms with Crippen LogP contribution in [0.1, 0.15) is 6.92 Å². The molecule has 0 fully saturated rings. The standard InChI is InChI=1S/C8H9BO2S/c1-2-12(10,11)8-5-3-7(9)4-6-8/h3-6H,2H2,1H3. The Balaban J connectivity index is 3.14. The van der Waals surface area contributed by atoms with Crippen LogP contribution in [0.15, 0.2) is 29.2 Å². The molecule has 0 aliphatic carbocycles. The number of rotatable bonds is 2. The summed E-state index contributed by atoms with van der Waals surface area (Å²) in [6.07, 6.45) is 0. The number of hydrogen-bond acceptors (Lipinski definition) is 2. The Bertz CT molecular complexity index is 353. The molecule has 0 heterocycles. The van der Waals surface area contributed by atoms with Crippen LogP contribution in [0, 0.1) is 0 Å². The molecular weight excluding hydrogens is 171 g/mol. The molecule has 0 atom stereocenters. The number of sulfone groups is 1. The van der Waals surface area contributed by atoms with E-state index in [1.165, 1.54) is 12.1 Å². The SMILES string of the molecule is [B]c1ccc(S(=O)(=O)CC)cc1. The van der Waals surface area contributed by atoms with E-state index < -0.39 is 9.84 Å². The smallest absolute Gasteiger partial charge is 0.178 e. The maximum absolute atomic E-state index is 11.3. The lowest BCUT2D eigenvalue weighted by Crippen LogP contribution is -2.06. The normalized spacial score (nSPS) is 11.4. The van der Waals surface area contributed by atoms with Gasteiger partial charge in [-0.3, -0.25) is 0 Å². The number of hydrogen-bond donors (Lipinski definition) is 0. The van der Waals surface area contributed by atoms with Gasteiger partial charge < -0.3 is 0 Å². The molecule has 62 valence electrons. The summed E-state index contributed by atoms with van der Waals surface area (Å²) in [5.41, 5.74) is 0.574. The van der Waals surface area contributed by atoms with Gasteiger partial charge in [-0.25, -0.2) is 8.42 Å². The quantitative estimate of drug-likeness (QED) is 0.612.